The van der Waals surface area contributed by atoms with Gasteiger partial charge in [0, 0.05) is 18.7 Å². The maximum absolute atomic E-state index is 9.53. The van der Waals surface area contributed by atoms with Crippen LogP contribution in [0.5, 0.6) is 5.75 Å². The molecule has 0 saturated heterocycles. The molecular formula is C15H23NO2. The van der Waals surface area contributed by atoms with Crippen LogP contribution in [0.15, 0.2) is 18.2 Å². The van der Waals surface area contributed by atoms with E-state index < -0.39 is 0 Å². The number of aryl methyl sites for hydroxylation is 1. The van der Waals surface area contributed by atoms with Crippen molar-refractivity contribution < 1.29 is 9.84 Å². The number of fused-ring (bicyclic) bond motifs is 1. The molecule has 0 fully saturated rings. The van der Waals surface area contributed by atoms with Crippen LogP contribution in [0.3, 0.4) is 0 Å². The van der Waals surface area contributed by atoms with Gasteiger partial charge < -0.3 is 15.2 Å². The first-order valence-corrected chi connectivity index (χ1v) is 6.86. The standard InChI is InChI=1S/C15H23NO2/c1-3-18-10-11(2)16-15-6-4-5-12-9-13(17)7-8-14(12)15/h7-9,11,15-17H,3-6,10H2,1-2H3. The van der Waals surface area contributed by atoms with Gasteiger partial charge in [-0.2, -0.15) is 0 Å². The summed E-state index contributed by atoms with van der Waals surface area (Å²) in [6.07, 6.45) is 3.41. The summed E-state index contributed by atoms with van der Waals surface area (Å²) < 4.78 is 5.44. The van der Waals surface area contributed by atoms with Crippen molar-refractivity contribution in [2.75, 3.05) is 13.2 Å². The second kappa shape index (κ2) is 6.21. The molecule has 0 aromatic heterocycles. The van der Waals surface area contributed by atoms with E-state index in [1.165, 1.54) is 17.5 Å². The topological polar surface area (TPSA) is 41.5 Å². The van der Waals surface area contributed by atoms with E-state index in [0.717, 1.165) is 26.1 Å². The number of rotatable bonds is 5. The van der Waals surface area contributed by atoms with Crippen molar-refractivity contribution >= 4 is 0 Å². The van der Waals surface area contributed by atoms with E-state index in [-0.39, 0.29) is 0 Å². The Morgan fingerprint density at radius 1 is 1.50 bits per heavy atom. The monoisotopic (exact) mass is 249 g/mol. The predicted molar refractivity (Wildman–Crippen MR) is 72.9 cm³/mol. The molecule has 2 unspecified atom stereocenters. The quantitative estimate of drug-likeness (QED) is 0.843. The second-order valence-corrected chi connectivity index (χ2v) is 5.06. The van der Waals surface area contributed by atoms with Crippen LogP contribution in [-0.4, -0.2) is 24.4 Å². The lowest BCUT2D eigenvalue weighted by atomic mass is 9.87. The summed E-state index contributed by atoms with van der Waals surface area (Å²) in [5.41, 5.74) is 2.62. The third-order valence-electron chi connectivity index (χ3n) is 3.50. The molecule has 0 amide bonds. The lowest BCUT2D eigenvalue weighted by Gasteiger charge is -2.29. The molecule has 100 valence electrons. The minimum Gasteiger partial charge on any atom is -0.508 e. The molecule has 0 heterocycles. The third-order valence-corrected chi connectivity index (χ3v) is 3.50. The van der Waals surface area contributed by atoms with Gasteiger partial charge in [0.2, 0.25) is 0 Å². The van der Waals surface area contributed by atoms with Gasteiger partial charge in [0.05, 0.1) is 6.61 Å². The van der Waals surface area contributed by atoms with E-state index >= 15 is 0 Å². The first-order chi connectivity index (χ1) is 8.70. The second-order valence-electron chi connectivity index (χ2n) is 5.06. The molecule has 2 N–H and O–H groups in total. The van der Waals surface area contributed by atoms with Crippen molar-refractivity contribution in [3.63, 3.8) is 0 Å². The van der Waals surface area contributed by atoms with Crippen LogP contribution in [-0.2, 0) is 11.2 Å². The molecule has 0 bridgehead atoms. The molecule has 0 aliphatic heterocycles. The van der Waals surface area contributed by atoms with Gasteiger partial charge in [-0.05, 0) is 56.4 Å². The van der Waals surface area contributed by atoms with Crippen LogP contribution in [0.2, 0.25) is 0 Å². The molecule has 1 aliphatic rings. The summed E-state index contributed by atoms with van der Waals surface area (Å²) in [7, 11) is 0. The molecule has 0 saturated carbocycles. The zero-order valence-electron chi connectivity index (χ0n) is 11.3. The number of phenols is 1. The highest BCUT2D eigenvalue weighted by molar-refractivity contribution is 5.38. The maximum Gasteiger partial charge on any atom is 0.115 e. The van der Waals surface area contributed by atoms with Crippen LogP contribution in [0, 0.1) is 0 Å². The maximum atomic E-state index is 9.53. The Balaban J connectivity index is 2.03. The van der Waals surface area contributed by atoms with E-state index in [2.05, 4.69) is 18.3 Å². The summed E-state index contributed by atoms with van der Waals surface area (Å²) >= 11 is 0. The molecule has 2 atom stereocenters. The minimum absolute atomic E-state index is 0.356. The summed E-state index contributed by atoms with van der Waals surface area (Å²) in [6.45, 7) is 5.69. The van der Waals surface area contributed by atoms with Crippen LogP contribution in [0.25, 0.3) is 0 Å². The van der Waals surface area contributed by atoms with Crippen LogP contribution in [0.4, 0.5) is 0 Å². The normalized spacial score (nSPS) is 20.4. The summed E-state index contributed by atoms with van der Waals surface area (Å²) in [5.74, 6) is 0.372. The molecule has 2 rings (SSSR count). The van der Waals surface area contributed by atoms with Crippen molar-refractivity contribution in [1.82, 2.24) is 5.32 Å². The minimum atomic E-state index is 0.356. The molecule has 1 aromatic carbocycles. The fourth-order valence-corrected chi connectivity index (χ4v) is 2.66. The molecule has 0 radical (unpaired) electrons. The van der Waals surface area contributed by atoms with Gasteiger partial charge in [0.15, 0.2) is 0 Å². The molecule has 1 aliphatic carbocycles. The van der Waals surface area contributed by atoms with Crippen molar-refractivity contribution in [1.29, 1.82) is 0 Å². The van der Waals surface area contributed by atoms with Gasteiger partial charge in [-0.3, -0.25) is 0 Å². The Labute approximate surface area is 109 Å². The average molecular weight is 249 g/mol. The Morgan fingerprint density at radius 3 is 3.11 bits per heavy atom. The Kier molecular flexibility index (Phi) is 4.61. The summed E-state index contributed by atoms with van der Waals surface area (Å²) in [4.78, 5) is 0. The SMILES string of the molecule is CCOCC(C)NC1CCCc2cc(O)ccc21. The number of aromatic hydroxyl groups is 1. The number of benzene rings is 1. The largest absolute Gasteiger partial charge is 0.508 e. The Bertz CT molecular complexity index is 392. The smallest absolute Gasteiger partial charge is 0.115 e. The van der Waals surface area contributed by atoms with E-state index in [9.17, 15) is 5.11 Å². The van der Waals surface area contributed by atoms with E-state index in [1.807, 2.05) is 13.0 Å². The highest BCUT2D eigenvalue weighted by Gasteiger charge is 2.21. The van der Waals surface area contributed by atoms with Gasteiger partial charge in [0.25, 0.3) is 0 Å². The number of hydrogen-bond acceptors (Lipinski definition) is 3. The first kappa shape index (κ1) is 13.4. The molecule has 0 spiro atoms. The lowest BCUT2D eigenvalue weighted by molar-refractivity contribution is 0.122. The molecule has 1 aromatic rings. The van der Waals surface area contributed by atoms with Gasteiger partial charge in [-0.25, -0.2) is 0 Å². The summed E-state index contributed by atoms with van der Waals surface area (Å²) in [6, 6.07) is 6.48. The number of ether oxygens (including phenoxy) is 1. The zero-order chi connectivity index (χ0) is 13.0. The molecule has 3 heteroatoms. The number of hydrogen-bond donors (Lipinski definition) is 2. The van der Waals surface area contributed by atoms with Crippen LogP contribution in [0.1, 0.15) is 43.9 Å². The summed E-state index contributed by atoms with van der Waals surface area (Å²) in [5, 5.41) is 13.2. The van der Waals surface area contributed by atoms with Gasteiger partial charge >= 0.3 is 0 Å². The highest BCUT2D eigenvalue weighted by atomic mass is 16.5. The fourth-order valence-electron chi connectivity index (χ4n) is 2.66. The third kappa shape index (κ3) is 3.24. The lowest BCUT2D eigenvalue weighted by Crippen LogP contribution is -2.35. The Morgan fingerprint density at radius 2 is 2.33 bits per heavy atom. The fraction of sp³-hybridized carbons (Fsp3) is 0.600. The van der Waals surface area contributed by atoms with Crippen molar-refractivity contribution in [2.45, 2.75) is 45.2 Å². The van der Waals surface area contributed by atoms with E-state index in [4.69, 9.17) is 4.74 Å². The molecular weight excluding hydrogens is 226 g/mol. The highest BCUT2D eigenvalue weighted by Crippen LogP contribution is 2.32. The first-order valence-electron chi connectivity index (χ1n) is 6.86. The van der Waals surface area contributed by atoms with E-state index in [0.29, 0.717) is 17.8 Å². The van der Waals surface area contributed by atoms with E-state index in [1.54, 1.807) is 6.07 Å². The van der Waals surface area contributed by atoms with Crippen molar-refractivity contribution in [2.24, 2.45) is 0 Å². The molecule has 3 nitrogen and oxygen atoms in total. The van der Waals surface area contributed by atoms with Gasteiger partial charge in [0.1, 0.15) is 5.75 Å². The zero-order valence-corrected chi connectivity index (χ0v) is 11.3. The predicted octanol–water partition coefficient (Wildman–Crippen LogP) is 2.78. The van der Waals surface area contributed by atoms with Gasteiger partial charge in [-0.1, -0.05) is 6.07 Å². The van der Waals surface area contributed by atoms with Crippen LogP contribution < -0.4 is 5.32 Å². The van der Waals surface area contributed by atoms with Crippen molar-refractivity contribution in [3.05, 3.63) is 29.3 Å². The number of phenolic OH excluding ortho intramolecular Hbond substituents is 1. The Hall–Kier alpha value is -1.06. The van der Waals surface area contributed by atoms with Crippen LogP contribution >= 0.6 is 0 Å². The molecule has 18 heavy (non-hydrogen) atoms. The number of nitrogens with one attached hydrogen (secondary N) is 1. The van der Waals surface area contributed by atoms with Gasteiger partial charge in [-0.15, -0.1) is 0 Å². The van der Waals surface area contributed by atoms with Crippen molar-refractivity contribution in [3.8, 4) is 5.75 Å². The average Bonchev–Trinajstić information content (AvgIpc) is 2.36.